The van der Waals surface area contributed by atoms with Crippen molar-refractivity contribution in [1.82, 2.24) is 14.7 Å². The van der Waals surface area contributed by atoms with Crippen molar-refractivity contribution in [3.05, 3.63) is 30.3 Å². The summed E-state index contributed by atoms with van der Waals surface area (Å²) < 4.78 is 5.82. The highest BCUT2D eigenvalue weighted by Gasteiger charge is 2.40. The fraction of sp³-hybridized carbons (Fsp3) is 0.556. The molecular weight excluding hydrogens is 306 g/mol. The van der Waals surface area contributed by atoms with Crippen molar-refractivity contribution in [2.45, 2.75) is 12.5 Å². The van der Waals surface area contributed by atoms with E-state index in [4.69, 9.17) is 4.74 Å². The van der Waals surface area contributed by atoms with Crippen LogP contribution >= 0.6 is 0 Å². The monoisotopic (exact) mass is 331 g/mol. The van der Waals surface area contributed by atoms with E-state index in [9.17, 15) is 9.59 Å². The first kappa shape index (κ1) is 16.8. The number of carbonyl (C=O) groups excluding carboxylic acids is 2. The van der Waals surface area contributed by atoms with E-state index < -0.39 is 0 Å². The van der Waals surface area contributed by atoms with Crippen molar-refractivity contribution in [1.29, 1.82) is 0 Å². The van der Waals surface area contributed by atoms with Crippen molar-refractivity contribution >= 4 is 11.8 Å². The van der Waals surface area contributed by atoms with Crippen molar-refractivity contribution in [2.75, 3.05) is 46.8 Å². The van der Waals surface area contributed by atoms with Crippen molar-refractivity contribution < 1.29 is 14.3 Å². The molecule has 0 bridgehead atoms. The highest BCUT2D eigenvalue weighted by Crippen LogP contribution is 2.24. The normalized spacial score (nSPS) is 21.3. The average Bonchev–Trinajstić information content (AvgIpc) is 2.90. The van der Waals surface area contributed by atoms with Gasteiger partial charge in [-0.05, 0) is 26.2 Å². The quantitative estimate of drug-likeness (QED) is 0.769. The molecule has 1 aromatic carbocycles. The van der Waals surface area contributed by atoms with Crippen molar-refractivity contribution in [3.8, 4) is 5.75 Å². The van der Waals surface area contributed by atoms with E-state index in [1.54, 1.807) is 9.80 Å². The van der Waals surface area contributed by atoms with Gasteiger partial charge in [-0.25, -0.2) is 0 Å². The van der Waals surface area contributed by atoms with Crippen LogP contribution in [0.1, 0.15) is 6.42 Å². The summed E-state index contributed by atoms with van der Waals surface area (Å²) in [6, 6.07) is 9.65. The van der Waals surface area contributed by atoms with Crippen LogP contribution in [0.4, 0.5) is 0 Å². The number of ether oxygens (including phenoxy) is 1. The second-order valence-electron chi connectivity index (χ2n) is 6.84. The minimum absolute atomic E-state index is 0.0540. The van der Waals surface area contributed by atoms with Crippen LogP contribution in [0.2, 0.25) is 0 Å². The van der Waals surface area contributed by atoms with Gasteiger partial charge < -0.3 is 19.4 Å². The molecule has 0 aliphatic carbocycles. The number of rotatable bonds is 6. The van der Waals surface area contributed by atoms with Crippen LogP contribution in [-0.4, -0.2) is 79.4 Å². The number of para-hydroxylation sites is 1. The largest absolute Gasteiger partial charge is 0.487 e. The first-order chi connectivity index (χ1) is 11.5. The summed E-state index contributed by atoms with van der Waals surface area (Å²) in [5, 5.41) is 0. The molecule has 0 N–H and O–H groups in total. The van der Waals surface area contributed by atoms with Gasteiger partial charge in [-0.2, -0.15) is 0 Å². The van der Waals surface area contributed by atoms with Gasteiger partial charge in [0.25, 0.3) is 0 Å². The first-order valence-corrected chi connectivity index (χ1v) is 8.46. The molecule has 2 aliphatic rings. The minimum Gasteiger partial charge on any atom is -0.487 e. The van der Waals surface area contributed by atoms with Crippen LogP contribution < -0.4 is 4.74 Å². The molecule has 0 aromatic heterocycles. The molecule has 2 fully saturated rings. The number of hydrogen-bond acceptors (Lipinski definition) is 4. The van der Waals surface area contributed by atoms with Crippen LogP contribution in [0, 0.1) is 5.92 Å². The average molecular weight is 331 g/mol. The van der Waals surface area contributed by atoms with Gasteiger partial charge in [-0.1, -0.05) is 18.2 Å². The highest BCUT2D eigenvalue weighted by atomic mass is 16.5. The van der Waals surface area contributed by atoms with Gasteiger partial charge in [-0.15, -0.1) is 0 Å². The van der Waals surface area contributed by atoms with Gasteiger partial charge in [0.05, 0.1) is 19.0 Å². The van der Waals surface area contributed by atoms with Gasteiger partial charge in [-0.3, -0.25) is 9.59 Å². The van der Waals surface area contributed by atoms with Crippen molar-refractivity contribution in [2.24, 2.45) is 5.92 Å². The molecular formula is C18H25N3O3. The summed E-state index contributed by atoms with van der Waals surface area (Å²) in [4.78, 5) is 30.2. The van der Waals surface area contributed by atoms with E-state index in [0.717, 1.165) is 12.3 Å². The third kappa shape index (κ3) is 3.87. The predicted molar refractivity (Wildman–Crippen MR) is 90.7 cm³/mol. The number of benzene rings is 1. The Morgan fingerprint density at radius 2 is 1.92 bits per heavy atom. The lowest BCUT2D eigenvalue weighted by molar-refractivity contribution is -0.144. The molecule has 2 amide bonds. The Morgan fingerprint density at radius 3 is 2.58 bits per heavy atom. The molecule has 130 valence electrons. The highest BCUT2D eigenvalue weighted by molar-refractivity contribution is 5.89. The minimum atomic E-state index is -0.197. The van der Waals surface area contributed by atoms with E-state index in [1.807, 2.05) is 49.3 Å². The molecule has 0 saturated carbocycles. The van der Waals surface area contributed by atoms with Crippen LogP contribution in [0.25, 0.3) is 0 Å². The number of likely N-dealkylation sites (tertiary alicyclic amines) is 2. The summed E-state index contributed by atoms with van der Waals surface area (Å²) >= 11 is 0. The molecule has 0 spiro atoms. The molecule has 24 heavy (non-hydrogen) atoms. The van der Waals surface area contributed by atoms with E-state index in [1.165, 1.54) is 0 Å². The molecule has 0 radical (unpaired) electrons. The lowest BCUT2D eigenvalue weighted by atomic mass is 10.0. The zero-order valence-electron chi connectivity index (χ0n) is 14.4. The first-order valence-electron chi connectivity index (χ1n) is 8.46. The predicted octanol–water partition coefficient (Wildman–Crippen LogP) is 0.686. The summed E-state index contributed by atoms with van der Waals surface area (Å²) in [5.74, 6) is 0.814. The standard InChI is InChI=1S/C18H25N3O3/c1-19(2)8-9-20-11-14(10-17(20)22)18(23)21-12-16(13-21)24-15-6-4-3-5-7-15/h3-7,14,16H,8-13H2,1-2H3. The molecule has 2 saturated heterocycles. The Labute approximate surface area is 143 Å². The van der Waals surface area contributed by atoms with Crippen molar-refractivity contribution in [3.63, 3.8) is 0 Å². The number of hydrogen-bond donors (Lipinski definition) is 0. The lowest BCUT2D eigenvalue weighted by Gasteiger charge is -2.40. The summed E-state index contributed by atoms with van der Waals surface area (Å²) in [6.07, 6.45) is 0.394. The second kappa shape index (κ2) is 7.21. The smallest absolute Gasteiger partial charge is 0.228 e. The van der Waals surface area contributed by atoms with E-state index in [2.05, 4.69) is 0 Å². The Bertz CT molecular complexity index is 584. The third-order valence-corrected chi connectivity index (χ3v) is 4.59. The van der Waals surface area contributed by atoms with Gasteiger partial charge in [0.1, 0.15) is 11.9 Å². The maximum atomic E-state index is 12.5. The van der Waals surface area contributed by atoms with Gasteiger partial charge >= 0.3 is 0 Å². The van der Waals surface area contributed by atoms with E-state index >= 15 is 0 Å². The molecule has 1 atom stereocenters. The number of carbonyl (C=O) groups is 2. The second-order valence-corrected chi connectivity index (χ2v) is 6.84. The molecule has 6 nitrogen and oxygen atoms in total. The SMILES string of the molecule is CN(C)CCN1CC(C(=O)N2CC(Oc3ccccc3)C2)CC1=O. The Hall–Kier alpha value is -2.08. The van der Waals surface area contributed by atoms with Gasteiger partial charge in [0, 0.05) is 26.1 Å². The number of nitrogens with zero attached hydrogens (tertiary/aromatic N) is 3. The topological polar surface area (TPSA) is 53.1 Å². The zero-order valence-corrected chi connectivity index (χ0v) is 14.4. The van der Waals surface area contributed by atoms with Crippen LogP contribution in [0.3, 0.4) is 0 Å². The zero-order chi connectivity index (χ0) is 17.1. The Balaban J connectivity index is 1.44. The Morgan fingerprint density at radius 1 is 1.21 bits per heavy atom. The maximum Gasteiger partial charge on any atom is 0.228 e. The molecule has 1 aromatic rings. The van der Waals surface area contributed by atoms with E-state index in [0.29, 0.717) is 32.6 Å². The van der Waals surface area contributed by atoms with Crippen LogP contribution in [0.15, 0.2) is 30.3 Å². The fourth-order valence-electron chi connectivity index (χ4n) is 3.12. The molecule has 1 unspecified atom stereocenters. The molecule has 6 heteroatoms. The van der Waals surface area contributed by atoms with Gasteiger partial charge in [0.2, 0.25) is 11.8 Å². The summed E-state index contributed by atoms with van der Waals surface area (Å²) in [5.41, 5.74) is 0. The van der Waals surface area contributed by atoms with E-state index in [-0.39, 0.29) is 23.8 Å². The number of likely N-dealkylation sites (N-methyl/N-ethyl adjacent to an activating group) is 1. The molecule has 2 aliphatic heterocycles. The molecule has 3 rings (SSSR count). The number of amides is 2. The fourth-order valence-corrected chi connectivity index (χ4v) is 3.12. The summed E-state index contributed by atoms with van der Waals surface area (Å²) in [7, 11) is 3.96. The van der Waals surface area contributed by atoms with Gasteiger partial charge in [0.15, 0.2) is 0 Å². The Kier molecular flexibility index (Phi) is 5.04. The molecule has 2 heterocycles. The lowest BCUT2D eigenvalue weighted by Crippen LogP contribution is -2.57. The van der Waals surface area contributed by atoms with Crippen LogP contribution in [-0.2, 0) is 9.59 Å². The maximum absolute atomic E-state index is 12.5. The third-order valence-electron chi connectivity index (χ3n) is 4.59. The summed E-state index contributed by atoms with van der Waals surface area (Å²) in [6.45, 7) is 3.27. The van der Waals surface area contributed by atoms with Crippen LogP contribution in [0.5, 0.6) is 5.75 Å².